The molecule has 0 saturated heterocycles. The highest BCUT2D eigenvalue weighted by molar-refractivity contribution is 6.30. The Labute approximate surface area is 151 Å². The summed E-state index contributed by atoms with van der Waals surface area (Å²) < 4.78 is 28.6. The van der Waals surface area contributed by atoms with E-state index in [1.54, 1.807) is 54.6 Å². The summed E-state index contributed by atoms with van der Waals surface area (Å²) in [5, 5.41) is 0.659. The van der Waals surface area contributed by atoms with E-state index < -0.39 is 6.17 Å². The summed E-state index contributed by atoms with van der Waals surface area (Å²) in [7, 11) is 0. The third-order valence-corrected chi connectivity index (χ3v) is 4.22. The molecule has 1 unspecified atom stereocenters. The van der Waals surface area contributed by atoms with Gasteiger partial charge < -0.3 is 0 Å². The second-order valence-electron chi connectivity index (χ2n) is 5.82. The van der Waals surface area contributed by atoms with Crippen LogP contribution in [0.5, 0.6) is 0 Å². The molecule has 0 aliphatic rings. The lowest BCUT2D eigenvalue weighted by molar-refractivity contribution is 0.342. The van der Waals surface area contributed by atoms with Gasteiger partial charge in [0.1, 0.15) is 12.0 Å². The Morgan fingerprint density at radius 3 is 2.28 bits per heavy atom. The summed E-state index contributed by atoms with van der Waals surface area (Å²) in [4.78, 5) is 0. The molecule has 0 nitrogen and oxygen atoms in total. The molecule has 3 rings (SSSR count). The Balaban J connectivity index is 1.71. The first-order chi connectivity index (χ1) is 12.1. The molecule has 0 radical (unpaired) electrons. The molecule has 0 saturated carbocycles. The summed E-state index contributed by atoms with van der Waals surface area (Å²) in [6.07, 6.45) is 2.53. The smallest absolute Gasteiger partial charge is 0.130 e. The fourth-order valence-electron chi connectivity index (χ4n) is 2.58. The molecule has 0 heterocycles. The standard InChI is InChI=1S/C22H17ClF2/c23-20-12-8-16(9-13-20)6-10-19-11-7-17(15-22(19)25)14-21(24)18-4-2-1-3-5-18/h1-13,15,21H,14H2/b10-6+. The minimum absolute atomic E-state index is 0.155. The van der Waals surface area contributed by atoms with Crippen molar-refractivity contribution in [3.8, 4) is 0 Å². The van der Waals surface area contributed by atoms with Crippen molar-refractivity contribution in [1.29, 1.82) is 0 Å². The van der Waals surface area contributed by atoms with Gasteiger partial charge in [-0.2, -0.15) is 0 Å². The molecule has 0 aliphatic carbocycles. The monoisotopic (exact) mass is 354 g/mol. The maximum Gasteiger partial charge on any atom is 0.130 e. The summed E-state index contributed by atoms with van der Waals surface area (Å²) in [6.45, 7) is 0. The summed E-state index contributed by atoms with van der Waals surface area (Å²) >= 11 is 5.84. The zero-order valence-electron chi connectivity index (χ0n) is 13.5. The topological polar surface area (TPSA) is 0 Å². The van der Waals surface area contributed by atoms with Gasteiger partial charge in [0, 0.05) is 17.0 Å². The van der Waals surface area contributed by atoms with Crippen molar-refractivity contribution in [3.63, 3.8) is 0 Å². The summed E-state index contributed by atoms with van der Waals surface area (Å²) in [6, 6.07) is 21.0. The van der Waals surface area contributed by atoms with Crippen LogP contribution in [-0.2, 0) is 6.42 Å². The second-order valence-corrected chi connectivity index (χ2v) is 6.26. The van der Waals surface area contributed by atoms with E-state index in [-0.39, 0.29) is 12.2 Å². The number of hydrogen-bond donors (Lipinski definition) is 0. The van der Waals surface area contributed by atoms with Crippen molar-refractivity contribution in [2.45, 2.75) is 12.6 Å². The van der Waals surface area contributed by atoms with E-state index >= 15 is 0 Å². The maximum atomic E-state index is 14.3. The van der Waals surface area contributed by atoms with Crippen LogP contribution >= 0.6 is 11.6 Å². The minimum atomic E-state index is -1.14. The number of rotatable bonds is 5. The van der Waals surface area contributed by atoms with E-state index in [1.807, 2.05) is 24.3 Å². The van der Waals surface area contributed by atoms with Gasteiger partial charge in [0.05, 0.1) is 0 Å². The molecular weight excluding hydrogens is 338 g/mol. The molecule has 0 fully saturated rings. The first-order valence-electron chi connectivity index (χ1n) is 8.03. The molecule has 0 bridgehead atoms. The van der Waals surface area contributed by atoms with Crippen LogP contribution in [0.15, 0.2) is 72.8 Å². The highest BCUT2D eigenvalue weighted by atomic mass is 35.5. The van der Waals surface area contributed by atoms with Gasteiger partial charge in [0.2, 0.25) is 0 Å². The van der Waals surface area contributed by atoms with Crippen LogP contribution < -0.4 is 0 Å². The predicted molar refractivity (Wildman–Crippen MR) is 101 cm³/mol. The maximum absolute atomic E-state index is 14.3. The fourth-order valence-corrected chi connectivity index (χ4v) is 2.71. The van der Waals surface area contributed by atoms with Crippen LogP contribution in [0.1, 0.15) is 28.4 Å². The van der Waals surface area contributed by atoms with Crippen molar-refractivity contribution < 1.29 is 8.78 Å². The second kappa shape index (κ2) is 8.09. The quantitative estimate of drug-likeness (QED) is 0.437. The van der Waals surface area contributed by atoms with Crippen LogP contribution in [-0.4, -0.2) is 0 Å². The normalized spacial score (nSPS) is 12.4. The van der Waals surface area contributed by atoms with Crippen LogP contribution in [0.2, 0.25) is 5.02 Å². The number of hydrogen-bond acceptors (Lipinski definition) is 0. The SMILES string of the molecule is Fc1cc(CC(F)c2ccccc2)ccc1/C=C/c1ccc(Cl)cc1. The van der Waals surface area contributed by atoms with Crippen molar-refractivity contribution >= 4 is 23.8 Å². The van der Waals surface area contributed by atoms with Gasteiger partial charge in [-0.05, 0) is 34.9 Å². The first kappa shape index (κ1) is 17.4. The van der Waals surface area contributed by atoms with E-state index in [1.165, 1.54) is 6.07 Å². The summed E-state index contributed by atoms with van der Waals surface area (Å²) in [5.41, 5.74) is 2.64. The molecule has 0 amide bonds. The van der Waals surface area contributed by atoms with Gasteiger partial charge in [-0.1, -0.05) is 78.4 Å². The number of alkyl halides is 1. The predicted octanol–water partition coefficient (Wildman–Crippen LogP) is 6.90. The molecule has 0 aromatic heterocycles. The molecule has 0 aliphatic heterocycles. The lowest BCUT2D eigenvalue weighted by atomic mass is 10.0. The number of benzene rings is 3. The van der Waals surface area contributed by atoms with Gasteiger partial charge in [0.15, 0.2) is 0 Å². The minimum Gasteiger partial charge on any atom is -0.242 e. The average molecular weight is 355 g/mol. The Hall–Kier alpha value is -2.45. The zero-order valence-corrected chi connectivity index (χ0v) is 14.3. The molecule has 25 heavy (non-hydrogen) atoms. The Bertz CT molecular complexity index is 855. The van der Waals surface area contributed by atoms with Crippen molar-refractivity contribution in [1.82, 2.24) is 0 Å². The molecule has 3 aromatic carbocycles. The first-order valence-corrected chi connectivity index (χ1v) is 8.41. The third-order valence-electron chi connectivity index (χ3n) is 3.97. The van der Waals surface area contributed by atoms with Crippen LogP contribution in [0.3, 0.4) is 0 Å². The van der Waals surface area contributed by atoms with Crippen LogP contribution in [0.4, 0.5) is 8.78 Å². The number of halogens is 3. The summed E-state index contributed by atoms with van der Waals surface area (Å²) in [5.74, 6) is -0.358. The van der Waals surface area contributed by atoms with Gasteiger partial charge >= 0.3 is 0 Å². The lowest BCUT2D eigenvalue weighted by Gasteiger charge is -2.09. The van der Waals surface area contributed by atoms with E-state index in [2.05, 4.69) is 0 Å². The lowest BCUT2D eigenvalue weighted by Crippen LogP contribution is -1.98. The molecule has 126 valence electrons. The van der Waals surface area contributed by atoms with E-state index in [0.717, 1.165) is 5.56 Å². The van der Waals surface area contributed by atoms with Gasteiger partial charge in [-0.25, -0.2) is 8.78 Å². The highest BCUT2D eigenvalue weighted by Crippen LogP contribution is 2.24. The van der Waals surface area contributed by atoms with Crippen LogP contribution in [0.25, 0.3) is 12.2 Å². The fraction of sp³-hybridized carbons (Fsp3) is 0.0909. The molecule has 0 spiro atoms. The van der Waals surface area contributed by atoms with Crippen molar-refractivity contribution in [2.75, 3.05) is 0 Å². The van der Waals surface area contributed by atoms with Gasteiger partial charge in [-0.15, -0.1) is 0 Å². The molecule has 3 aromatic rings. The van der Waals surface area contributed by atoms with Gasteiger partial charge in [-0.3, -0.25) is 0 Å². The van der Waals surface area contributed by atoms with E-state index in [9.17, 15) is 8.78 Å². The molecular formula is C22H17ClF2. The molecule has 3 heteroatoms. The Morgan fingerprint density at radius 1 is 0.880 bits per heavy atom. The van der Waals surface area contributed by atoms with E-state index in [0.29, 0.717) is 21.7 Å². The average Bonchev–Trinajstić information content (AvgIpc) is 2.63. The van der Waals surface area contributed by atoms with Crippen LogP contribution in [0, 0.1) is 5.82 Å². The van der Waals surface area contributed by atoms with Crippen molar-refractivity contribution in [2.24, 2.45) is 0 Å². The zero-order chi connectivity index (χ0) is 17.6. The van der Waals surface area contributed by atoms with Crippen molar-refractivity contribution in [3.05, 3.63) is 106 Å². The Kier molecular flexibility index (Phi) is 5.62. The molecule has 1 atom stereocenters. The van der Waals surface area contributed by atoms with Gasteiger partial charge in [0.25, 0.3) is 0 Å². The highest BCUT2D eigenvalue weighted by Gasteiger charge is 2.11. The van der Waals surface area contributed by atoms with E-state index in [4.69, 9.17) is 11.6 Å². The molecule has 0 N–H and O–H groups in total. The third kappa shape index (κ3) is 4.77. The largest absolute Gasteiger partial charge is 0.242 e. The Morgan fingerprint density at radius 2 is 1.60 bits per heavy atom.